The average Bonchev–Trinajstić information content (AvgIpc) is 2.65. The smallest absolute Gasteiger partial charge is 0.104 e. The molecule has 0 spiro atoms. The fourth-order valence-corrected chi connectivity index (χ4v) is 2.68. The maximum absolute atomic E-state index is 5.88. The summed E-state index contributed by atoms with van der Waals surface area (Å²) >= 11 is 7.48. The first-order valence-electron chi connectivity index (χ1n) is 4.90. The van der Waals surface area contributed by atoms with E-state index in [1.807, 2.05) is 12.1 Å². The minimum Gasteiger partial charge on any atom is -0.370 e. The van der Waals surface area contributed by atoms with Gasteiger partial charge in [0.2, 0.25) is 0 Å². The molecule has 0 aromatic carbocycles. The van der Waals surface area contributed by atoms with Crippen LogP contribution in [0.2, 0.25) is 4.34 Å². The fourth-order valence-electron chi connectivity index (χ4n) is 1.57. The molecule has 2 rings (SSSR count). The molecule has 1 aromatic heterocycles. The molecule has 0 amide bonds. The second-order valence-electron chi connectivity index (χ2n) is 3.48. The highest BCUT2D eigenvalue weighted by molar-refractivity contribution is 7.16. The van der Waals surface area contributed by atoms with Crippen molar-refractivity contribution in [2.75, 3.05) is 13.2 Å². The van der Waals surface area contributed by atoms with Crippen LogP contribution < -0.4 is 5.32 Å². The van der Waals surface area contributed by atoms with Crippen LogP contribution in [0.5, 0.6) is 0 Å². The summed E-state index contributed by atoms with van der Waals surface area (Å²) < 4.78 is 6.60. The standard InChI is InChI=1S/C10H14ClNOS/c1-2-7-6-13-8(5-12-7)9-3-4-10(11)14-9/h3-4,7-8,12H,2,5-6H2,1H3. The Labute approximate surface area is 93.2 Å². The zero-order chi connectivity index (χ0) is 9.97. The number of halogens is 1. The van der Waals surface area contributed by atoms with E-state index >= 15 is 0 Å². The summed E-state index contributed by atoms with van der Waals surface area (Å²) in [5.74, 6) is 0. The van der Waals surface area contributed by atoms with Gasteiger partial charge in [-0.1, -0.05) is 18.5 Å². The zero-order valence-electron chi connectivity index (χ0n) is 8.13. The number of nitrogens with one attached hydrogen (secondary N) is 1. The summed E-state index contributed by atoms with van der Waals surface area (Å²) in [6.45, 7) is 3.87. The topological polar surface area (TPSA) is 21.3 Å². The maximum Gasteiger partial charge on any atom is 0.104 e. The predicted octanol–water partition coefficient (Wildman–Crippen LogP) is 2.84. The Kier molecular flexibility index (Phi) is 3.44. The van der Waals surface area contributed by atoms with Gasteiger partial charge in [0.25, 0.3) is 0 Å². The molecular weight excluding hydrogens is 218 g/mol. The lowest BCUT2D eigenvalue weighted by molar-refractivity contribution is 0.00425. The van der Waals surface area contributed by atoms with E-state index in [0.29, 0.717) is 6.04 Å². The van der Waals surface area contributed by atoms with Gasteiger partial charge in [0.05, 0.1) is 10.9 Å². The van der Waals surface area contributed by atoms with Crippen molar-refractivity contribution in [3.8, 4) is 0 Å². The van der Waals surface area contributed by atoms with Crippen molar-refractivity contribution in [1.82, 2.24) is 5.32 Å². The minimum atomic E-state index is 0.190. The van der Waals surface area contributed by atoms with E-state index in [9.17, 15) is 0 Å². The number of hydrogen-bond acceptors (Lipinski definition) is 3. The summed E-state index contributed by atoms with van der Waals surface area (Å²) in [5, 5.41) is 3.47. The molecule has 1 aromatic rings. The fraction of sp³-hybridized carbons (Fsp3) is 0.600. The van der Waals surface area contributed by atoms with E-state index < -0.39 is 0 Å². The van der Waals surface area contributed by atoms with Gasteiger partial charge in [0.1, 0.15) is 6.10 Å². The van der Waals surface area contributed by atoms with Crippen LogP contribution in [0.4, 0.5) is 0 Å². The normalized spacial score (nSPS) is 27.9. The van der Waals surface area contributed by atoms with E-state index in [1.165, 1.54) is 4.88 Å². The summed E-state index contributed by atoms with van der Waals surface area (Å²) in [5.41, 5.74) is 0. The first-order chi connectivity index (χ1) is 6.79. The van der Waals surface area contributed by atoms with Crippen LogP contribution in [0.15, 0.2) is 12.1 Å². The molecule has 1 N–H and O–H groups in total. The lowest BCUT2D eigenvalue weighted by Gasteiger charge is -2.29. The van der Waals surface area contributed by atoms with Gasteiger partial charge in [0, 0.05) is 17.5 Å². The van der Waals surface area contributed by atoms with Gasteiger partial charge >= 0.3 is 0 Å². The molecule has 1 saturated heterocycles. The van der Waals surface area contributed by atoms with E-state index in [-0.39, 0.29) is 6.10 Å². The summed E-state index contributed by atoms with van der Waals surface area (Å²) in [7, 11) is 0. The summed E-state index contributed by atoms with van der Waals surface area (Å²) in [4.78, 5) is 1.22. The molecule has 0 aliphatic carbocycles. The Bertz CT molecular complexity index is 294. The van der Waals surface area contributed by atoms with Crippen LogP contribution in [0, 0.1) is 0 Å². The third-order valence-corrected chi connectivity index (χ3v) is 3.82. The first-order valence-corrected chi connectivity index (χ1v) is 6.09. The lowest BCUT2D eigenvalue weighted by Crippen LogP contribution is -2.42. The van der Waals surface area contributed by atoms with Crippen LogP contribution in [0.1, 0.15) is 24.3 Å². The van der Waals surface area contributed by atoms with Gasteiger partial charge in [-0.25, -0.2) is 0 Å². The lowest BCUT2D eigenvalue weighted by atomic mass is 10.1. The molecule has 4 heteroatoms. The van der Waals surface area contributed by atoms with Crippen LogP contribution in [0.3, 0.4) is 0 Å². The maximum atomic E-state index is 5.88. The molecule has 2 unspecified atom stereocenters. The quantitative estimate of drug-likeness (QED) is 0.845. The highest BCUT2D eigenvalue weighted by Crippen LogP contribution is 2.30. The summed E-state index contributed by atoms with van der Waals surface area (Å²) in [6, 6.07) is 4.49. The van der Waals surface area contributed by atoms with Crippen molar-refractivity contribution >= 4 is 22.9 Å². The molecule has 1 aliphatic rings. The molecule has 78 valence electrons. The Morgan fingerprint density at radius 2 is 2.50 bits per heavy atom. The van der Waals surface area contributed by atoms with Gasteiger partial charge in [-0.05, 0) is 18.6 Å². The molecular formula is C10H14ClNOS. The molecule has 1 fully saturated rings. The SMILES string of the molecule is CCC1COC(c2ccc(Cl)s2)CN1. The Morgan fingerprint density at radius 3 is 3.00 bits per heavy atom. The predicted molar refractivity (Wildman–Crippen MR) is 60.1 cm³/mol. The van der Waals surface area contributed by atoms with E-state index in [0.717, 1.165) is 23.9 Å². The number of rotatable bonds is 2. The number of hydrogen-bond donors (Lipinski definition) is 1. The molecule has 2 atom stereocenters. The van der Waals surface area contributed by atoms with Gasteiger partial charge in [-0.15, -0.1) is 11.3 Å². The monoisotopic (exact) mass is 231 g/mol. The molecule has 1 aliphatic heterocycles. The van der Waals surface area contributed by atoms with Crippen LogP contribution in [0.25, 0.3) is 0 Å². The number of morpholine rings is 1. The first kappa shape index (κ1) is 10.4. The third kappa shape index (κ3) is 2.28. The number of ether oxygens (including phenoxy) is 1. The van der Waals surface area contributed by atoms with Crippen molar-refractivity contribution in [2.45, 2.75) is 25.5 Å². The van der Waals surface area contributed by atoms with Crippen LogP contribution in [-0.2, 0) is 4.74 Å². The minimum absolute atomic E-state index is 0.190. The summed E-state index contributed by atoms with van der Waals surface area (Å²) in [6.07, 6.45) is 1.31. The Balaban J connectivity index is 1.95. The van der Waals surface area contributed by atoms with Crippen molar-refractivity contribution in [1.29, 1.82) is 0 Å². The van der Waals surface area contributed by atoms with Gasteiger partial charge in [0.15, 0.2) is 0 Å². The number of thiophene rings is 1. The molecule has 2 nitrogen and oxygen atoms in total. The highest BCUT2D eigenvalue weighted by Gasteiger charge is 2.22. The average molecular weight is 232 g/mol. The largest absolute Gasteiger partial charge is 0.370 e. The zero-order valence-corrected chi connectivity index (χ0v) is 9.70. The molecule has 0 bridgehead atoms. The van der Waals surface area contributed by atoms with Crippen molar-refractivity contribution in [3.63, 3.8) is 0 Å². The van der Waals surface area contributed by atoms with Crippen molar-refractivity contribution in [3.05, 3.63) is 21.3 Å². The highest BCUT2D eigenvalue weighted by atomic mass is 35.5. The second kappa shape index (κ2) is 4.62. The Morgan fingerprint density at radius 1 is 1.64 bits per heavy atom. The molecule has 14 heavy (non-hydrogen) atoms. The van der Waals surface area contributed by atoms with Gasteiger partial charge < -0.3 is 10.1 Å². The van der Waals surface area contributed by atoms with E-state index in [2.05, 4.69) is 12.2 Å². The van der Waals surface area contributed by atoms with Crippen LogP contribution in [-0.4, -0.2) is 19.2 Å². The molecule has 0 radical (unpaired) electrons. The van der Waals surface area contributed by atoms with Gasteiger partial charge in [-0.2, -0.15) is 0 Å². The van der Waals surface area contributed by atoms with Crippen LogP contribution >= 0.6 is 22.9 Å². The van der Waals surface area contributed by atoms with E-state index in [4.69, 9.17) is 16.3 Å². The van der Waals surface area contributed by atoms with Crippen molar-refractivity contribution < 1.29 is 4.74 Å². The Hall–Kier alpha value is -0.0900. The van der Waals surface area contributed by atoms with Crippen molar-refractivity contribution in [2.24, 2.45) is 0 Å². The molecule has 2 heterocycles. The van der Waals surface area contributed by atoms with Gasteiger partial charge in [-0.3, -0.25) is 0 Å². The third-order valence-electron chi connectivity index (χ3n) is 2.49. The van der Waals surface area contributed by atoms with E-state index in [1.54, 1.807) is 11.3 Å². The second-order valence-corrected chi connectivity index (χ2v) is 5.22. The molecule has 0 saturated carbocycles.